The van der Waals surface area contributed by atoms with Gasteiger partial charge in [-0.3, -0.25) is 0 Å². The summed E-state index contributed by atoms with van der Waals surface area (Å²) in [5, 5.41) is 22.0. The molecule has 90 valence electrons. The first-order valence-corrected chi connectivity index (χ1v) is 5.71. The van der Waals surface area contributed by atoms with Crippen LogP contribution in [0.4, 0.5) is 0 Å². The van der Waals surface area contributed by atoms with Gasteiger partial charge in [0.15, 0.2) is 11.5 Å². The minimum Gasteiger partial charge on any atom is -0.385 e. The van der Waals surface area contributed by atoms with Crippen LogP contribution in [0, 0.1) is 0 Å². The Kier molecular flexibility index (Phi) is 2.53. The summed E-state index contributed by atoms with van der Waals surface area (Å²) in [5.74, 6) is 0.447. The van der Waals surface area contributed by atoms with Crippen LogP contribution in [0.1, 0.15) is 18.9 Å². The fourth-order valence-corrected chi connectivity index (χ4v) is 1.83. The Morgan fingerprint density at radius 3 is 2.56 bits per heavy atom. The van der Waals surface area contributed by atoms with E-state index in [1.807, 2.05) is 42.5 Å². The average Bonchev–Trinajstić information content (AvgIpc) is 2.82. The van der Waals surface area contributed by atoms with Crippen molar-refractivity contribution >= 4 is 5.65 Å². The fraction of sp³-hybridized carbons (Fsp3) is 0.154. The molecule has 1 aromatic carbocycles. The Hall–Kier alpha value is -2.27. The molecule has 0 bridgehead atoms. The van der Waals surface area contributed by atoms with Crippen LogP contribution in [0.15, 0.2) is 42.5 Å². The summed E-state index contributed by atoms with van der Waals surface area (Å²) in [6, 6.07) is 13.6. The Morgan fingerprint density at radius 1 is 1.06 bits per heavy atom. The van der Waals surface area contributed by atoms with E-state index in [2.05, 4.69) is 15.3 Å². The van der Waals surface area contributed by atoms with Gasteiger partial charge in [-0.2, -0.15) is 9.61 Å². The van der Waals surface area contributed by atoms with Crippen LogP contribution in [-0.2, 0) is 0 Å². The molecule has 0 aliphatic heterocycles. The zero-order valence-corrected chi connectivity index (χ0v) is 9.85. The van der Waals surface area contributed by atoms with Gasteiger partial charge in [0, 0.05) is 5.56 Å². The van der Waals surface area contributed by atoms with Gasteiger partial charge < -0.3 is 5.11 Å². The van der Waals surface area contributed by atoms with Gasteiger partial charge in [-0.05, 0) is 19.1 Å². The maximum atomic E-state index is 9.61. The second kappa shape index (κ2) is 4.19. The number of nitrogens with zero attached hydrogens (tertiary/aromatic N) is 4. The third-order valence-corrected chi connectivity index (χ3v) is 2.73. The van der Waals surface area contributed by atoms with Crippen LogP contribution in [0.3, 0.4) is 0 Å². The number of hydrogen-bond acceptors (Lipinski definition) is 4. The van der Waals surface area contributed by atoms with Gasteiger partial charge in [0.25, 0.3) is 0 Å². The average molecular weight is 240 g/mol. The van der Waals surface area contributed by atoms with Crippen LogP contribution in [0.2, 0.25) is 0 Å². The molecule has 0 spiro atoms. The van der Waals surface area contributed by atoms with Crippen LogP contribution in [0.25, 0.3) is 16.9 Å². The lowest BCUT2D eigenvalue weighted by atomic mass is 10.1. The number of benzene rings is 1. The van der Waals surface area contributed by atoms with E-state index in [4.69, 9.17) is 0 Å². The third-order valence-electron chi connectivity index (χ3n) is 2.73. The fourth-order valence-electron chi connectivity index (χ4n) is 1.83. The predicted octanol–water partition coefficient (Wildman–Crippen LogP) is 1.84. The first kappa shape index (κ1) is 10.9. The van der Waals surface area contributed by atoms with Crippen molar-refractivity contribution in [2.24, 2.45) is 0 Å². The quantitative estimate of drug-likeness (QED) is 0.742. The van der Waals surface area contributed by atoms with Crippen molar-refractivity contribution in [3.05, 3.63) is 48.3 Å². The highest BCUT2D eigenvalue weighted by molar-refractivity contribution is 5.59. The number of aliphatic hydroxyl groups is 1. The SMILES string of the molecule is C[C@H](O)c1nnc2ccc(-c3ccccc3)nn12. The first-order valence-electron chi connectivity index (χ1n) is 5.71. The van der Waals surface area contributed by atoms with Crippen LogP contribution >= 0.6 is 0 Å². The molecule has 1 N–H and O–H groups in total. The molecule has 1 atom stereocenters. The van der Waals surface area contributed by atoms with Crippen molar-refractivity contribution in [3.63, 3.8) is 0 Å². The molecule has 0 amide bonds. The van der Waals surface area contributed by atoms with Crippen molar-refractivity contribution in [2.45, 2.75) is 13.0 Å². The summed E-state index contributed by atoms with van der Waals surface area (Å²) in [7, 11) is 0. The number of aromatic nitrogens is 4. The maximum absolute atomic E-state index is 9.61. The van der Waals surface area contributed by atoms with E-state index in [-0.39, 0.29) is 0 Å². The summed E-state index contributed by atoms with van der Waals surface area (Å²) in [4.78, 5) is 0. The molecule has 0 unspecified atom stereocenters. The van der Waals surface area contributed by atoms with E-state index in [0.717, 1.165) is 11.3 Å². The summed E-state index contributed by atoms with van der Waals surface area (Å²) in [6.45, 7) is 1.65. The van der Waals surface area contributed by atoms with Crippen molar-refractivity contribution < 1.29 is 5.11 Å². The highest BCUT2D eigenvalue weighted by Crippen LogP contribution is 2.18. The van der Waals surface area contributed by atoms with Gasteiger partial charge in [-0.1, -0.05) is 30.3 Å². The Balaban J connectivity index is 2.18. The van der Waals surface area contributed by atoms with Crippen molar-refractivity contribution in [2.75, 3.05) is 0 Å². The molecule has 0 aliphatic carbocycles. The summed E-state index contributed by atoms with van der Waals surface area (Å²) in [5.41, 5.74) is 2.47. The summed E-state index contributed by atoms with van der Waals surface area (Å²) >= 11 is 0. The minimum absolute atomic E-state index is 0.447. The molecule has 0 saturated heterocycles. The molecule has 18 heavy (non-hydrogen) atoms. The van der Waals surface area contributed by atoms with Gasteiger partial charge >= 0.3 is 0 Å². The van der Waals surface area contributed by atoms with Gasteiger partial charge in [0.2, 0.25) is 0 Å². The standard InChI is InChI=1S/C13H12N4O/c1-9(18)13-15-14-12-8-7-11(16-17(12)13)10-5-3-2-4-6-10/h2-9,18H,1H3/t9-/m0/s1. The molecule has 5 heteroatoms. The van der Waals surface area contributed by atoms with E-state index in [1.54, 1.807) is 11.4 Å². The highest BCUT2D eigenvalue weighted by atomic mass is 16.3. The van der Waals surface area contributed by atoms with E-state index < -0.39 is 6.10 Å². The molecule has 5 nitrogen and oxygen atoms in total. The van der Waals surface area contributed by atoms with Crippen molar-refractivity contribution in [1.29, 1.82) is 0 Å². The smallest absolute Gasteiger partial charge is 0.183 e. The second-order valence-electron chi connectivity index (χ2n) is 4.09. The normalized spacial score (nSPS) is 12.8. The highest BCUT2D eigenvalue weighted by Gasteiger charge is 2.12. The molecule has 2 heterocycles. The van der Waals surface area contributed by atoms with Crippen LogP contribution in [-0.4, -0.2) is 24.9 Å². The van der Waals surface area contributed by atoms with E-state index in [9.17, 15) is 5.11 Å². The number of aliphatic hydroxyl groups excluding tert-OH is 1. The topological polar surface area (TPSA) is 63.3 Å². The van der Waals surface area contributed by atoms with E-state index in [0.29, 0.717) is 11.5 Å². The Labute approximate surface area is 104 Å². The van der Waals surface area contributed by atoms with Gasteiger partial charge in [-0.15, -0.1) is 10.2 Å². The van der Waals surface area contributed by atoms with Crippen molar-refractivity contribution in [1.82, 2.24) is 19.8 Å². The molecular weight excluding hydrogens is 228 g/mol. The predicted molar refractivity (Wildman–Crippen MR) is 66.9 cm³/mol. The number of rotatable bonds is 2. The Morgan fingerprint density at radius 2 is 1.83 bits per heavy atom. The van der Waals surface area contributed by atoms with E-state index >= 15 is 0 Å². The minimum atomic E-state index is -0.696. The van der Waals surface area contributed by atoms with Crippen molar-refractivity contribution in [3.8, 4) is 11.3 Å². The molecule has 0 saturated carbocycles. The van der Waals surface area contributed by atoms with Crippen LogP contribution in [0.5, 0.6) is 0 Å². The molecule has 3 aromatic rings. The van der Waals surface area contributed by atoms with E-state index in [1.165, 1.54) is 0 Å². The number of fused-ring (bicyclic) bond motifs is 1. The van der Waals surface area contributed by atoms with Gasteiger partial charge in [0.1, 0.15) is 6.10 Å². The summed E-state index contributed by atoms with van der Waals surface area (Å²) < 4.78 is 1.58. The molecule has 0 radical (unpaired) electrons. The maximum Gasteiger partial charge on any atom is 0.183 e. The zero-order valence-electron chi connectivity index (χ0n) is 9.85. The van der Waals surface area contributed by atoms with Gasteiger partial charge in [-0.25, -0.2) is 0 Å². The second-order valence-corrected chi connectivity index (χ2v) is 4.09. The summed E-state index contributed by atoms with van der Waals surface area (Å²) in [6.07, 6.45) is -0.696. The lowest BCUT2D eigenvalue weighted by molar-refractivity contribution is 0.186. The zero-order chi connectivity index (χ0) is 12.5. The molecule has 0 fully saturated rings. The first-order chi connectivity index (χ1) is 8.75. The molecule has 3 rings (SSSR count). The molecular formula is C13H12N4O. The Bertz CT molecular complexity index is 676. The lowest BCUT2D eigenvalue weighted by Crippen LogP contribution is -2.03. The lowest BCUT2D eigenvalue weighted by Gasteiger charge is -2.04. The third kappa shape index (κ3) is 1.74. The number of hydrogen-bond donors (Lipinski definition) is 1. The van der Waals surface area contributed by atoms with Crippen LogP contribution < -0.4 is 0 Å². The molecule has 2 aromatic heterocycles. The largest absolute Gasteiger partial charge is 0.385 e. The van der Waals surface area contributed by atoms with Gasteiger partial charge in [0.05, 0.1) is 5.69 Å². The monoisotopic (exact) mass is 240 g/mol. The molecule has 0 aliphatic rings.